The highest BCUT2D eigenvalue weighted by Crippen LogP contribution is 2.12. The second-order valence-corrected chi connectivity index (χ2v) is 4.27. The van der Waals surface area contributed by atoms with Gasteiger partial charge in [0.1, 0.15) is 0 Å². The number of thiophene rings is 1. The number of hydrogen-bond acceptors (Lipinski definition) is 4. The molecule has 0 aliphatic heterocycles. The van der Waals surface area contributed by atoms with Crippen LogP contribution in [0.15, 0.2) is 16.5 Å². The first kappa shape index (κ1) is 10.0. The van der Waals surface area contributed by atoms with Crippen LogP contribution in [0.25, 0.3) is 0 Å². The number of hydrogen-bond donors (Lipinski definition) is 0. The lowest BCUT2D eigenvalue weighted by Crippen LogP contribution is -1.95. The normalized spacial score (nSPS) is 11.4. The Hall–Kier alpha value is -1.49. The fourth-order valence-electron chi connectivity index (χ4n) is 1.26. The lowest BCUT2D eigenvalue weighted by molar-refractivity contribution is 0.799. The van der Waals surface area contributed by atoms with Crippen LogP contribution in [0.2, 0.25) is 0 Å². The third kappa shape index (κ3) is 1.97. The molecule has 0 fully saturated rings. The molecule has 78 valence electrons. The van der Waals surface area contributed by atoms with Crippen molar-refractivity contribution in [1.82, 2.24) is 14.9 Å². The molecule has 0 aromatic carbocycles. The van der Waals surface area contributed by atoms with E-state index in [4.69, 9.17) is 0 Å². The molecule has 0 saturated carbocycles. The van der Waals surface area contributed by atoms with Crippen molar-refractivity contribution in [2.45, 2.75) is 20.8 Å². The van der Waals surface area contributed by atoms with Crippen molar-refractivity contribution in [2.24, 2.45) is 5.10 Å². The van der Waals surface area contributed by atoms with Gasteiger partial charge in [-0.2, -0.15) is 5.10 Å². The van der Waals surface area contributed by atoms with E-state index in [1.54, 1.807) is 16.0 Å². The Morgan fingerprint density at radius 2 is 1.93 bits per heavy atom. The van der Waals surface area contributed by atoms with E-state index in [0.29, 0.717) is 0 Å². The zero-order valence-electron chi connectivity index (χ0n) is 8.93. The molecule has 15 heavy (non-hydrogen) atoms. The second kappa shape index (κ2) is 3.94. The summed E-state index contributed by atoms with van der Waals surface area (Å²) in [5.41, 5.74) is 1.24. The summed E-state index contributed by atoms with van der Waals surface area (Å²) in [5.74, 6) is 1.61. The van der Waals surface area contributed by atoms with E-state index in [9.17, 15) is 0 Å². The monoisotopic (exact) mass is 220 g/mol. The molecule has 4 nitrogen and oxygen atoms in total. The Morgan fingerprint density at radius 1 is 1.27 bits per heavy atom. The summed E-state index contributed by atoms with van der Waals surface area (Å²) >= 11 is 1.68. The average Bonchev–Trinajstić information content (AvgIpc) is 2.73. The maximum absolute atomic E-state index is 4.35. The summed E-state index contributed by atoms with van der Waals surface area (Å²) in [6.07, 6.45) is 1.85. The van der Waals surface area contributed by atoms with Gasteiger partial charge in [-0.25, -0.2) is 4.68 Å². The topological polar surface area (TPSA) is 43.1 Å². The Bertz CT molecular complexity index is 476. The third-order valence-electron chi connectivity index (χ3n) is 2.14. The van der Waals surface area contributed by atoms with Crippen molar-refractivity contribution in [2.75, 3.05) is 0 Å². The summed E-state index contributed by atoms with van der Waals surface area (Å²) in [4.78, 5) is 1.17. The van der Waals surface area contributed by atoms with Crippen molar-refractivity contribution in [3.63, 3.8) is 0 Å². The summed E-state index contributed by atoms with van der Waals surface area (Å²) < 4.78 is 1.74. The van der Waals surface area contributed by atoms with E-state index in [-0.39, 0.29) is 0 Å². The molecule has 0 aliphatic carbocycles. The van der Waals surface area contributed by atoms with Crippen LogP contribution >= 0.6 is 11.3 Å². The van der Waals surface area contributed by atoms with Gasteiger partial charge in [-0.3, -0.25) is 0 Å². The molecular weight excluding hydrogens is 208 g/mol. The minimum Gasteiger partial charge on any atom is -0.202 e. The molecular formula is C10H12N4S. The molecule has 2 aromatic rings. The van der Waals surface area contributed by atoms with Gasteiger partial charge in [0.2, 0.25) is 0 Å². The first-order valence-electron chi connectivity index (χ1n) is 4.65. The maximum Gasteiger partial charge on any atom is 0.151 e. The van der Waals surface area contributed by atoms with E-state index in [1.807, 2.05) is 20.1 Å². The van der Waals surface area contributed by atoms with Crippen molar-refractivity contribution in [3.8, 4) is 0 Å². The van der Waals surface area contributed by atoms with Gasteiger partial charge in [-0.05, 0) is 37.8 Å². The Morgan fingerprint density at radius 3 is 2.47 bits per heavy atom. The summed E-state index contributed by atoms with van der Waals surface area (Å²) in [5, 5.41) is 14.3. The quantitative estimate of drug-likeness (QED) is 0.728. The summed E-state index contributed by atoms with van der Waals surface area (Å²) in [6, 6.07) is 2.08. The zero-order chi connectivity index (χ0) is 10.8. The molecule has 0 atom stereocenters. The van der Waals surface area contributed by atoms with Crippen molar-refractivity contribution in [1.29, 1.82) is 0 Å². The van der Waals surface area contributed by atoms with E-state index in [1.165, 1.54) is 10.4 Å². The van der Waals surface area contributed by atoms with Gasteiger partial charge >= 0.3 is 0 Å². The van der Waals surface area contributed by atoms with Gasteiger partial charge in [0.25, 0.3) is 0 Å². The van der Waals surface area contributed by atoms with Crippen molar-refractivity contribution >= 4 is 17.6 Å². The first-order valence-corrected chi connectivity index (χ1v) is 5.53. The molecule has 2 heterocycles. The van der Waals surface area contributed by atoms with Gasteiger partial charge < -0.3 is 0 Å². The highest BCUT2D eigenvalue weighted by Gasteiger charge is 2.01. The zero-order valence-corrected chi connectivity index (χ0v) is 9.75. The highest BCUT2D eigenvalue weighted by molar-refractivity contribution is 7.11. The number of aromatic nitrogens is 3. The van der Waals surface area contributed by atoms with E-state index in [0.717, 1.165) is 11.6 Å². The predicted molar refractivity (Wildman–Crippen MR) is 61.5 cm³/mol. The van der Waals surface area contributed by atoms with Crippen LogP contribution < -0.4 is 0 Å². The molecule has 0 amide bonds. The van der Waals surface area contributed by atoms with Crippen LogP contribution in [0.3, 0.4) is 0 Å². The third-order valence-corrected chi connectivity index (χ3v) is 3.10. The molecule has 0 aliphatic rings. The van der Waals surface area contributed by atoms with Crippen LogP contribution in [0.4, 0.5) is 0 Å². The molecule has 0 radical (unpaired) electrons. The second-order valence-electron chi connectivity index (χ2n) is 3.32. The van der Waals surface area contributed by atoms with Crippen LogP contribution in [0.1, 0.15) is 22.1 Å². The van der Waals surface area contributed by atoms with Gasteiger partial charge in [0.15, 0.2) is 11.6 Å². The van der Waals surface area contributed by atoms with Gasteiger partial charge in [0.05, 0.1) is 11.1 Å². The SMILES string of the molecule is Cc1ccsc1/C=N\n1c(C)nnc1C. The summed E-state index contributed by atoms with van der Waals surface area (Å²) in [7, 11) is 0. The van der Waals surface area contributed by atoms with Gasteiger partial charge in [0, 0.05) is 0 Å². The Kier molecular flexibility index (Phi) is 2.64. The number of nitrogens with zero attached hydrogens (tertiary/aromatic N) is 4. The van der Waals surface area contributed by atoms with Crippen LogP contribution in [-0.4, -0.2) is 21.1 Å². The molecule has 0 bridgehead atoms. The lowest BCUT2D eigenvalue weighted by Gasteiger charge is -1.96. The predicted octanol–water partition coefficient (Wildman–Crippen LogP) is 2.15. The fraction of sp³-hybridized carbons (Fsp3) is 0.300. The van der Waals surface area contributed by atoms with Crippen molar-refractivity contribution in [3.05, 3.63) is 33.5 Å². The fourth-order valence-corrected chi connectivity index (χ4v) is 2.04. The van der Waals surface area contributed by atoms with E-state index in [2.05, 4.69) is 33.7 Å². The molecule has 0 unspecified atom stereocenters. The molecule has 0 spiro atoms. The largest absolute Gasteiger partial charge is 0.202 e. The highest BCUT2D eigenvalue weighted by atomic mass is 32.1. The molecule has 0 saturated heterocycles. The van der Waals surface area contributed by atoms with Crippen LogP contribution in [0, 0.1) is 20.8 Å². The van der Waals surface area contributed by atoms with E-state index >= 15 is 0 Å². The average molecular weight is 220 g/mol. The lowest BCUT2D eigenvalue weighted by atomic mass is 10.3. The van der Waals surface area contributed by atoms with Gasteiger partial charge in [-0.15, -0.1) is 21.5 Å². The van der Waals surface area contributed by atoms with Crippen molar-refractivity contribution < 1.29 is 0 Å². The van der Waals surface area contributed by atoms with Crippen LogP contribution in [-0.2, 0) is 0 Å². The first-order chi connectivity index (χ1) is 7.18. The smallest absolute Gasteiger partial charge is 0.151 e. The minimum atomic E-state index is 0.804. The molecule has 2 rings (SSSR count). The molecule has 2 aromatic heterocycles. The number of aryl methyl sites for hydroxylation is 3. The van der Waals surface area contributed by atoms with E-state index < -0.39 is 0 Å². The van der Waals surface area contributed by atoms with Crippen LogP contribution in [0.5, 0.6) is 0 Å². The minimum absolute atomic E-state index is 0.804. The Labute approximate surface area is 92.3 Å². The summed E-state index contributed by atoms with van der Waals surface area (Å²) in [6.45, 7) is 5.85. The van der Waals surface area contributed by atoms with Gasteiger partial charge in [-0.1, -0.05) is 0 Å². The number of rotatable bonds is 2. The Balaban J connectivity index is 2.30. The molecule has 0 N–H and O–H groups in total. The standard InChI is InChI=1S/C10H12N4S/c1-7-4-5-15-10(7)6-11-14-8(2)12-13-9(14)3/h4-6H,1-3H3/b11-6-. The molecule has 5 heteroatoms. The maximum atomic E-state index is 4.35.